The number of halogens is 1. The van der Waals surface area contributed by atoms with Gasteiger partial charge >= 0.3 is 0 Å². The third kappa shape index (κ3) is 9.65. The summed E-state index contributed by atoms with van der Waals surface area (Å²) in [6, 6.07) is 8.45. The maximum atomic E-state index is 5.37. The number of rotatable bonds is 8. The standard InChI is InChI=1S/C15H25N3O2.HI/c1-13-4-6-14(7-5-13)12-18-15(16-2)17-8-9-20-11-10-19-3;/h4-7H,8-12H2,1-3H3,(H2,16,17,18);1H. The van der Waals surface area contributed by atoms with E-state index in [9.17, 15) is 0 Å². The van der Waals surface area contributed by atoms with Gasteiger partial charge in [0.05, 0.1) is 19.8 Å². The van der Waals surface area contributed by atoms with Crippen molar-refractivity contribution in [3.05, 3.63) is 35.4 Å². The summed E-state index contributed by atoms with van der Waals surface area (Å²) in [6.07, 6.45) is 0. The Kier molecular flexibility index (Phi) is 12.3. The van der Waals surface area contributed by atoms with Crippen molar-refractivity contribution >= 4 is 29.9 Å². The van der Waals surface area contributed by atoms with Crippen LogP contribution >= 0.6 is 24.0 Å². The van der Waals surface area contributed by atoms with Gasteiger partial charge < -0.3 is 20.1 Å². The molecule has 1 aromatic carbocycles. The van der Waals surface area contributed by atoms with Crippen LogP contribution in [0.25, 0.3) is 0 Å². The number of ether oxygens (including phenoxy) is 2. The van der Waals surface area contributed by atoms with Crippen molar-refractivity contribution in [3.63, 3.8) is 0 Å². The molecule has 0 bridgehead atoms. The van der Waals surface area contributed by atoms with E-state index in [0.29, 0.717) is 19.8 Å². The second-order valence-electron chi connectivity index (χ2n) is 4.44. The van der Waals surface area contributed by atoms with E-state index in [2.05, 4.69) is 46.8 Å². The lowest BCUT2D eigenvalue weighted by molar-refractivity contribution is 0.0733. The number of hydrogen-bond donors (Lipinski definition) is 2. The summed E-state index contributed by atoms with van der Waals surface area (Å²) in [5, 5.41) is 6.47. The molecule has 5 nitrogen and oxygen atoms in total. The molecule has 0 heterocycles. The predicted molar refractivity (Wildman–Crippen MR) is 97.5 cm³/mol. The van der Waals surface area contributed by atoms with Gasteiger partial charge in [-0.15, -0.1) is 24.0 Å². The maximum Gasteiger partial charge on any atom is 0.191 e. The Bertz CT molecular complexity index is 396. The summed E-state index contributed by atoms with van der Waals surface area (Å²) in [7, 11) is 3.43. The number of methoxy groups -OCH3 is 1. The van der Waals surface area contributed by atoms with Gasteiger partial charge in [0.1, 0.15) is 0 Å². The molecule has 1 rings (SSSR count). The molecule has 0 radical (unpaired) electrons. The zero-order valence-electron chi connectivity index (χ0n) is 13.0. The van der Waals surface area contributed by atoms with Crippen molar-refractivity contribution in [2.75, 3.05) is 40.5 Å². The highest BCUT2D eigenvalue weighted by Gasteiger charge is 1.98. The van der Waals surface area contributed by atoms with E-state index in [-0.39, 0.29) is 24.0 Å². The number of aryl methyl sites for hydroxylation is 1. The fourth-order valence-corrected chi connectivity index (χ4v) is 1.60. The molecule has 0 aliphatic heterocycles. The molecule has 0 aliphatic rings. The van der Waals surface area contributed by atoms with Crippen molar-refractivity contribution in [1.82, 2.24) is 10.6 Å². The van der Waals surface area contributed by atoms with Gasteiger partial charge in [-0.25, -0.2) is 0 Å². The molecule has 0 amide bonds. The second-order valence-corrected chi connectivity index (χ2v) is 4.44. The van der Waals surface area contributed by atoms with E-state index >= 15 is 0 Å². The van der Waals surface area contributed by atoms with E-state index in [0.717, 1.165) is 19.0 Å². The van der Waals surface area contributed by atoms with Crippen molar-refractivity contribution < 1.29 is 9.47 Å². The Hall–Kier alpha value is -0.860. The smallest absolute Gasteiger partial charge is 0.191 e. The molecule has 0 saturated heterocycles. The SMILES string of the molecule is CN=C(NCCOCCOC)NCc1ccc(C)cc1.I. The molecule has 0 atom stereocenters. The molecule has 0 saturated carbocycles. The minimum Gasteiger partial charge on any atom is -0.382 e. The van der Waals surface area contributed by atoms with E-state index in [1.165, 1.54) is 11.1 Å². The van der Waals surface area contributed by atoms with Gasteiger partial charge in [-0.2, -0.15) is 0 Å². The van der Waals surface area contributed by atoms with Crippen LogP contribution in [0.5, 0.6) is 0 Å². The van der Waals surface area contributed by atoms with Gasteiger partial charge in [0.15, 0.2) is 5.96 Å². The summed E-state index contributed by atoms with van der Waals surface area (Å²) in [6.45, 7) is 5.44. The van der Waals surface area contributed by atoms with Crippen LogP contribution in [-0.4, -0.2) is 46.5 Å². The van der Waals surface area contributed by atoms with Crippen LogP contribution in [0.4, 0.5) is 0 Å². The molecule has 2 N–H and O–H groups in total. The number of guanidine groups is 1. The van der Waals surface area contributed by atoms with Crippen molar-refractivity contribution in [2.24, 2.45) is 4.99 Å². The number of hydrogen-bond acceptors (Lipinski definition) is 3. The highest BCUT2D eigenvalue weighted by molar-refractivity contribution is 14.0. The average molecular weight is 407 g/mol. The largest absolute Gasteiger partial charge is 0.382 e. The lowest BCUT2D eigenvalue weighted by Crippen LogP contribution is -2.38. The Balaban J connectivity index is 0.00000400. The van der Waals surface area contributed by atoms with Crippen LogP contribution in [0.15, 0.2) is 29.3 Å². The fourth-order valence-electron chi connectivity index (χ4n) is 1.60. The van der Waals surface area contributed by atoms with Crippen molar-refractivity contribution in [1.29, 1.82) is 0 Å². The molecule has 0 spiro atoms. The predicted octanol–water partition coefficient (Wildman–Crippen LogP) is 1.94. The average Bonchev–Trinajstić information content (AvgIpc) is 2.47. The monoisotopic (exact) mass is 407 g/mol. The van der Waals surface area contributed by atoms with Crippen LogP contribution in [-0.2, 0) is 16.0 Å². The summed E-state index contributed by atoms with van der Waals surface area (Å²) >= 11 is 0. The molecular weight excluding hydrogens is 381 g/mol. The first-order valence-electron chi connectivity index (χ1n) is 6.83. The molecule has 0 fully saturated rings. The van der Waals surface area contributed by atoms with Gasteiger partial charge in [0.2, 0.25) is 0 Å². The van der Waals surface area contributed by atoms with E-state index in [4.69, 9.17) is 9.47 Å². The van der Waals surface area contributed by atoms with Gasteiger partial charge in [-0.3, -0.25) is 4.99 Å². The third-order valence-corrected chi connectivity index (χ3v) is 2.77. The zero-order chi connectivity index (χ0) is 14.6. The number of nitrogens with zero attached hydrogens (tertiary/aromatic N) is 1. The highest BCUT2D eigenvalue weighted by atomic mass is 127. The number of nitrogens with one attached hydrogen (secondary N) is 2. The Morgan fingerprint density at radius 1 is 1.10 bits per heavy atom. The van der Waals surface area contributed by atoms with Crippen LogP contribution < -0.4 is 10.6 Å². The lowest BCUT2D eigenvalue weighted by atomic mass is 10.1. The Morgan fingerprint density at radius 3 is 2.43 bits per heavy atom. The lowest BCUT2D eigenvalue weighted by Gasteiger charge is -2.12. The van der Waals surface area contributed by atoms with E-state index in [1.54, 1.807) is 14.2 Å². The summed E-state index contributed by atoms with van der Waals surface area (Å²) in [5.41, 5.74) is 2.50. The number of benzene rings is 1. The van der Waals surface area contributed by atoms with Crippen LogP contribution in [0.1, 0.15) is 11.1 Å². The zero-order valence-corrected chi connectivity index (χ0v) is 15.3. The normalized spacial score (nSPS) is 10.9. The summed E-state index contributed by atoms with van der Waals surface area (Å²) in [4.78, 5) is 4.17. The minimum absolute atomic E-state index is 0. The maximum absolute atomic E-state index is 5.37. The molecule has 0 aliphatic carbocycles. The van der Waals surface area contributed by atoms with Gasteiger partial charge in [-0.1, -0.05) is 29.8 Å². The first-order valence-corrected chi connectivity index (χ1v) is 6.83. The fraction of sp³-hybridized carbons (Fsp3) is 0.533. The van der Waals surface area contributed by atoms with Crippen LogP contribution in [0.3, 0.4) is 0 Å². The molecule has 21 heavy (non-hydrogen) atoms. The highest BCUT2D eigenvalue weighted by Crippen LogP contribution is 2.02. The Labute approximate surface area is 144 Å². The number of aliphatic imine (C=N–C) groups is 1. The van der Waals surface area contributed by atoms with Crippen molar-refractivity contribution in [2.45, 2.75) is 13.5 Å². The van der Waals surface area contributed by atoms with Crippen LogP contribution in [0, 0.1) is 6.92 Å². The molecule has 0 unspecified atom stereocenters. The van der Waals surface area contributed by atoms with Gasteiger partial charge in [0, 0.05) is 27.2 Å². The van der Waals surface area contributed by atoms with Gasteiger partial charge in [-0.05, 0) is 12.5 Å². The molecular formula is C15H26IN3O2. The second kappa shape index (κ2) is 12.8. The van der Waals surface area contributed by atoms with E-state index < -0.39 is 0 Å². The van der Waals surface area contributed by atoms with E-state index in [1.807, 2.05) is 0 Å². The summed E-state index contributed by atoms with van der Waals surface area (Å²) < 4.78 is 10.3. The molecule has 120 valence electrons. The van der Waals surface area contributed by atoms with Crippen LogP contribution in [0.2, 0.25) is 0 Å². The minimum atomic E-state index is 0. The Morgan fingerprint density at radius 2 is 1.81 bits per heavy atom. The summed E-state index contributed by atoms with van der Waals surface area (Å²) in [5.74, 6) is 0.779. The first-order chi connectivity index (χ1) is 9.76. The van der Waals surface area contributed by atoms with Crippen molar-refractivity contribution in [3.8, 4) is 0 Å². The molecule has 1 aromatic rings. The quantitative estimate of drug-likeness (QED) is 0.299. The molecule has 0 aromatic heterocycles. The molecule has 6 heteroatoms. The van der Waals surface area contributed by atoms with Gasteiger partial charge in [0.25, 0.3) is 0 Å². The topological polar surface area (TPSA) is 54.9 Å². The third-order valence-electron chi connectivity index (χ3n) is 2.77. The first kappa shape index (κ1) is 20.1.